The molecule has 1 fully saturated rings. The molecule has 120 valence electrons. The fraction of sp³-hybridized carbons (Fsp3) is 0.467. The van der Waals surface area contributed by atoms with E-state index in [1.54, 1.807) is 11.0 Å². The molecule has 0 radical (unpaired) electrons. The first-order valence-electron chi connectivity index (χ1n) is 7.05. The number of carboxylic acid groups (broad SMARTS) is 1. The number of hydrogen-bond donors (Lipinski definition) is 1. The maximum Gasteiger partial charge on any atom is 0.313 e. The highest BCUT2D eigenvalue weighted by Gasteiger charge is 2.24. The van der Waals surface area contributed by atoms with Gasteiger partial charge in [-0.2, -0.15) is 0 Å². The minimum absolute atomic E-state index is 0.0116. The van der Waals surface area contributed by atoms with Crippen LogP contribution < -0.4 is 4.74 Å². The fourth-order valence-corrected chi connectivity index (χ4v) is 3.07. The fourth-order valence-electron chi connectivity index (χ4n) is 2.26. The summed E-state index contributed by atoms with van der Waals surface area (Å²) in [7, 11) is 0. The summed E-state index contributed by atoms with van der Waals surface area (Å²) in [5.74, 6) is -0.0711. The average molecular weight is 344 g/mol. The first-order valence-corrected chi connectivity index (χ1v) is 8.58. The second-order valence-corrected chi connectivity index (χ2v) is 6.41. The lowest BCUT2D eigenvalue weighted by Gasteiger charge is -2.32. The van der Waals surface area contributed by atoms with Crippen molar-refractivity contribution in [1.29, 1.82) is 0 Å². The smallest absolute Gasteiger partial charge is 0.313 e. The number of nitrogens with zero attached hydrogens (tertiary/aromatic N) is 1. The number of carboxylic acids is 1. The standard InChI is InChI=1S/C15H18ClNO4S/c16-12-3-1-2-4-13(12)21-11-5-7-17(8-6-11)14(18)9-22-10-15(19)20/h1-4,11H,5-10H2,(H,19,20). The molecule has 1 aliphatic heterocycles. The molecule has 1 aromatic carbocycles. The van der Waals surface area contributed by atoms with Gasteiger partial charge in [0.05, 0.1) is 16.5 Å². The minimum Gasteiger partial charge on any atom is -0.489 e. The van der Waals surface area contributed by atoms with E-state index >= 15 is 0 Å². The normalized spacial score (nSPS) is 15.6. The Kier molecular flexibility index (Phi) is 6.39. The van der Waals surface area contributed by atoms with E-state index in [1.165, 1.54) is 0 Å². The summed E-state index contributed by atoms with van der Waals surface area (Å²) in [6, 6.07) is 7.35. The van der Waals surface area contributed by atoms with Gasteiger partial charge in [-0.15, -0.1) is 11.8 Å². The first kappa shape index (κ1) is 17.0. The molecular weight excluding hydrogens is 326 g/mol. The maximum atomic E-state index is 11.9. The van der Waals surface area contributed by atoms with Gasteiger partial charge in [0.25, 0.3) is 0 Å². The Balaban J connectivity index is 1.74. The average Bonchev–Trinajstić information content (AvgIpc) is 2.50. The largest absolute Gasteiger partial charge is 0.489 e. The van der Waals surface area contributed by atoms with Gasteiger partial charge >= 0.3 is 5.97 Å². The molecular formula is C15H18ClNO4S. The van der Waals surface area contributed by atoms with Crippen molar-refractivity contribution in [1.82, 2.24) is 4.90 Å². The summed E-state index contributed by atoms with van der Waals surface area (Å²) in [5, 5.41) is 9.15. The van der Waals surface area contributed by atoms with Crippen molar-refractivity contribution in [2.45, 2.75) is 18.9 Å². The highest BCUT2D eigenvalue weighted by atomic mass is 35.5. The monoisotopic (exact) mass is 343 g/mol. The van der Waals surface area contributed by atoms with Gasteiger partial charge in [0.2, 0.25) is 5.91 Å². The third-order valence-corrected chi connectivity index (χ3v) is 4.59. The SMILES string of the molecule is O=C(O)CSCC(=O)N1CCC(Oc2ccccc2Cl)CC1. The van der Waals surface area contributed by atoms with Crippen molar-refractivity contribution < 1.29 is 19.4 Å². The minimum atomic E-state index is -0.898. The van der Waals surface area contributed by atoms with E-state index in [9.17, 15) is 9.59 Å². The van der Waals surface area contributed by atoms with Gasteiger partial charge in [-0.25, -0.2) is 0 Å². The van der Waals surface area contributed by atoms with Gasteiger partial charge < -0.3 is 14.7 Å². The number of aliphatic carboxylic acids is 1. The number of halogens is 1. The van der Waals surface area contributed by atoms with Crippen LogP contribution in [-0.2, 0) is 9.59 Å². The van der Waals surface area contributed by atoms with Gasteiger partial charge in [0, 0.05) is 25.9 Å². The van der Waals surface area contributed by atoms with Crippen molar-refractivity contribution >= 4 is 35.2 Å². The predicted molar refractivity (Wildman–Crippen MR) is 86.6 cm³/mol. The Bertz CT molecular complexity index is 532. The zero-order valence-corrected chi connectivity index (χ0v) is 13.6. The van der Waals surface area contributed by atoms with E-state index in [0.717, 1.165) is 24.6 Å². The highest BCUT2D eigenvalue weighted by Crippen LogP contribution is 2.26. The molecule has 0 atom stereocenters. The molecule has 0 aliphatic carbocycles. The molecule has 0 spiro atoms. The van der Waals surface area contributed by atoms with Crippen molar-refractivity contribution in [2.24, 2.45) is 0 Å². The summed E-state index contributed by atoms with van der Waals surface area (Å²) in [4.78, 5) is 24.1. The Morgan fingerprint density at radius 2 is 1.95 bits per heavy atom. The van der Waals surface area contributed by atoms with Crippen LogP contribution in [0.3, 0.4) is 0 Å². The third kappa shape index (κ3) is 5.10. The van der Waals surface area contributed by atoms with Crippen LogP contribution >= 0.6 is 23.4 Å². The van der Waals surface area contributed by atoms with Crippen molar-refractivity contribution in [3.8, 4) is 5.75 Å². The lowest BCUT2D eigenvalue weighted by molar-refractivity contribution is -0.133. The van der Waals surface area contributed by atoms with Crippen molar-refractivity contribution in [3.05, 3.63) is 29.3 Å². The highest BCUT2D eigenvalue weighted by molar-refractivity contribution is 8.00. The van der Waals surface area contributed by atoms with Gasteiger partial charge in [0.15, 0.2) is 0 Å². The van der Waals surface area contributed by atoms with Crippen molar-refractivity contribution in [3.63, 3.8) is 0 Å². The lowest BCUT2D eigenvalue weighted by Crippen LogP contribution is -2.42. The number of para-hydroxylation sites is 1. The molecule has 0 unspecified atom stereocenters. The zero-order valence-electron chi connectivity index (χ0n) is 12.0. The number of benzene rings is 1. The number of piperidine rings is 1. The number of amides is 1. The predicted octanol–water partition coefficient (Wildman–Crippen LogP) is 2.53. The molecule has 1 aromatic rings. The van der Waals surface area contributed by atoms with Crippen LogP contribution in [0.5, 0.6) is 5.75 Å². The number of carbonyl (C=O) groups excluding carboxylic acids is 1. The summed E-state index contributed by atoms with van der Waals surface area (Å²) in [6.45, 7) is 1.25. The van der Waals surface area contributed by atoms with Crippen LogP contribution in [0.1, 0.15) is 12.8 Å². The van der Waals surface area contributed by atoms with Gasteiger partial charge in [-0.3, -0.25) is 9.59 Å². The second-order valence-electron chi connectivity index (χ2n) is 5.01. The molecule has 5 nitrogen and oxygen atoms in total. The molecule has 22 heavy (non-hydrogen) atoms. The van der Waals surface area contributed by atoms with E-state index < -0.39 is 5.97 Å². The van der Waals surface area contributed by atoms with Crippen LogP contribution in [0, 0.1) is 0 Å². The molecule has 0 bridgehead atoms. The van der Waals surface area contributed by atoms with Crippen LogP contribution in [-0.4, -0.2) is 52.6 Å². The quantitative estimate of drug-likeness (QED) is 0.859. The molecule has 1 saturated heterocycles. The lowest BCUT2D eigenvalue weighted by atomic mass is 10.1. The zero-order chi connectivity index (χ0) is 15.9. The second kappa shape index (κ2) is 8.29. The Hall–Kier alpha value is -1.40. The topological polar surface area (TPSA) is 66.8 Å². The van der Waals surface area contributed by atoms with Gasteiger partial charge in [0.1, 0.15) is 11.9 Å². The number of rotatable bonds is 6. The molecule has 1 aliphatic rings. The molecule has 0 aromatic heterocycles. The summed E-state index contributed by atoms with van der Waals surface area (Å²) >= 11 is 7.19. The third-order valence-electron chi connectivity index (χ3n) is 3.38. The molecule has 7 heteroatoms. The molecule has 1 amide bonds. The van der Waals surface area contributed by atoms with Crippen molar-refractivity contribution in [2.75, 3.05) is 24.6 Å². The van der Waals surface area contributed by atoms with E-state index in [1.807, 2.05) is 18.2 Å². The Morgan fingerprint density at radius 1 is 1.27 bits per heavy atom. The first-order chi connectivity index (χ1) is 10.6. The summed E-state index contributed by atoms with van der Waals surface area (Å²) in [5.41, 5.74) is 0. The summed E-state index contributed by atoms with van der Waals surface area (Å²) < 4.78 is 5.87. The van der Waals surface area contributed by atoms with E-state index in [4.69, 9.17) is 21.4 Å². The molecule has 2 rings (SSSR count). The summed E-state index contributed by atoms with van der Waals surface area (Å²) in [6.07, 6.45) is 1.55. The number of hydrogen-bond acceptors (Lipinski definition) is 4. The Labute approximate surface area is 138 Å². The molecule has 1 N–H and O–H groups in total. The Morgan fingerprint density at radius 3 is 2.59 bits per heavy atom. The molecule has 0 saturated carbocycles. The number of likely N-dealkylation sites (tertiary alicyclic amines) is 1. The maximum absolute atomic E-state index is 11.9. The van der Waals surface area contributed by atoms with Crippen LogP contribution in [0.15, 0.2) is 24.3 Å². The van der Waals surface area contributed by atoms with Crippen LogP contribution in [0.2, 0.25) is 5.02 Å². The molecule has 1 heterocycles. The number of thioether (sulfide) groups is 1. The van der Waals surface area contributed by atoms with Crippen LogP contribution in [0.4, 0.5) is 0 Å². The number of ether oxygens (including phenoxy) is 1. The van der Waals surface area contributed by atoms with Gasteiger partial charge in [-0.05, 0) is 12.1 Å². The van der Waals surface area contributed by atoms with E-state index in [0.29, 0.717) is 23.9 Å². The van der Waals surface area contributed by atoms with E-state index in [2.05, 4.69) is 0 Å². The number of carbonyl (C=O) groups is 2. The van der Waals surface area contributed by atoms with Crippen LogP contribution in [0.25, 0.3) is 0 Å². The van der Waals surface area contributed by atoms with E-state index in [-0.39, 0.29) is 23.5 Å². The van der Waals surface area contributed by atoms with Gasteiger partial charge in [-0.1, -0.05) is 23.7 Å².